The third-order valence-electron chi connectivity index (χ3n) is 2.46. The molecular weight excluding hydrogens is 216 g/mol. The summed E-state index contributed by atoms with van der Waals surface area (Å²) in [5.74, 6) is 0. The van der Waals surface area contributed by atoms with Gasteiger partial charge in [-0.2, -0.15) is 0 Å². The molecule has 0 aromatic heterocycles. The Kier molecular flexibility index (Phi) is 6.57. The second-order valence-electron chi connectivity index (χ2n) is 3.69. The summed E-state index contributed by atoms with van der Waals surface area (Å²) >= 11 is 6.05. The molecule has 0 radical (unpaired) electrons. The van der Waals surface area contributed by atoms with Gasteiger partial charge in [-0.3, -0.25) is 0 Å². The second-order valence-corrected chi connectivity index (χ2v) is 4.25. The van der Waals surface area contributed by atoms with Gasteiger partial charge in [0.25, 0.3) is 0 Å². The first-order chi connectivity index (χ1) is 7.29. The van der Waals surface area contributed by atoms with Crippen LogP contribution in [0.5, 0.6) is 0 Å². The summed E-state index contributed by atoms with van der Waals surface area (Å²) < 4.78 is 16.4. The zero-order chi connectivity index (χ0) is 11.1. The quantitative estimate of drug-likeness (QED) is 0.478. The molecule has 0 spiro atoms. The van der Waals surface area contributed by atoms with Crippen LogP contribution in [0.2, 0.25) is 0 Å². The molecule has 0 aliphatic heterocycles. The maximum absolute atomic E-state index is 6.05. The Morgan fingerprint density at radius 3 is 2.53 bits per heavy atom. The van der Waals surface area contributed by atoms with E-state index in [2.05, 4.69) is 6.92 Å². The molecule has 0 bridgehead atoms. The number of hydrogen-bond acceptors (Lipinski definition) is 3. The van der Waals surface area contributed by atoms with Gasteiger partial charge in [0.1, 0.15) is 6.10 Å². The smallest absolute Gasteiger partial charge is 0.100 e. The van der Waals surface area contributed by atoms with E-state index in [9.17, 15) is 0 Å². The van der Waals surface area contributed by atoms with Gasteiger partial charge < -0.3 is 14.2 Å². The van der Waals surface area contributed by atoms with Crippen molar-refractivity contribution in [1.29, 1.82) is 0 Å². The summed E-state index contributed by atoms with van der Waals surface area (Å²) in [5.41, 5.74) is 0. The van der Waals surface area contributed by atoms with E-state index in [1.54, 1.807) is 0 Å². The summed E-state index contributed by atoms with van der Waals surface area (Å²) in [4.78, 5) is 0. The van der Waals surface area contributed by atoms with Crippen molar-refractivity contribution < 1.29 is 14.2 Å². The first kappa shape index (κ1) is 13.2. The van der Waals surface area contributed by atoms with E-state index in [-0.39, 0.29) is 17.6 Å². The zero-order valence-electron chi connectivity index (χ0n) is 9.58. The third kappa shape index (κ3) is 4.27. The predicted octanol–water partition coefficient (Wildman–Crippen LogP) is 2.21. The number of halogens is 1. The zero-order valence-corrected chi connectivity index (χ0v) is 10.3. The van der Waals surface area contributed by atoms with Crippen molar-refractivity contribution in [3.63, 3.8) is 0 Å². The van der Waals surface area contributed by atoms with Crippen LogP contribution in [0.3, 0.4) is 0 Å². The summed E-state index contributed by atoms with van der Waals surface area (Å²) in [7, 11) is 0. The number of ether oxygens (including phenoxy) is 3. The van der Waals surface area contributed by atoms with Crippen LogP contribution in [-0.4, -0.2) is 44.0 Å². The summed E-state index contributed by atoms with van der Waals surface area (Å²) in [6, 6.07) is 0. The van der Waals surface area contributed by atoms with Crippen molar-refractivity contribution in [2.45, 2.75) is 44.3 Å². The Morgan fingerprint density at radius 2 is 1.93 bits per heavy atom. The van der Waals surface area contributed by atoms with Gasteiger partial charge >= 0.3 is 0 Å². The van der Waals surface area contributed by atoms with E-state index in [0.717, 1.165) is 26.1 Å². The molecule has 0 amide bonds. The van der Waals surface area contributed by atoms with E-state index in [4.69, 9.17) is 25.8 Å². The maximum atomic E-state index is 6.05. The highest BCUT2D eigenvalue weighted by molar-refractivity contribution is 6.21. The highest BCUT2D eigenvalue weighted by Gasteiger charge is 2.41. The van der Waals surface area contributed by atoms with Gasteiger partial charge in [-0.15, -0.1) is 11.6 Å². The van der Waals surface area contributed by atoms with Crippen molar-refractivity contribution in [3.05, 3.63) is 0 Å². The number of hydrogen-bond donors (Lipinski definition) is 0. The molecule has 0 saturated heterocycles. The van der Waals surface area contributed by atoms with Crippen LogP contribution in [0.15, 0.2) is 0 Å². The van der Waals surface area contributed by atoms with E-state index in [1.807, 2.05) is 6.92 Å². The van der Waals surface area contributed by atoms with Gasteiger partial charge in [-0.1, -0.05) is 6.92 Å². The molecule has 1 rings (SSSR count). The lowest BCUT2D eigenvalue weighted by molar-refractivity contribution is -0.131. The van der Waals surface area contributed by atoms with Crippen LogP contribution in [-0.2, 0) is 14.2 Å². The molecule has 3 unspecified atom stereocenters. The standard InChI is InChI=1S/C11H21ClO3/c1-3-5-15-11-9(12)8-10(11)14-7-6-13-4-2/h9-11H,3-8H2,1-2H3. The van der Waals surface area contributed by atoms with Gasteiger partial charge in [0.05, 0.1) is 24.7 Å². The topological polar surface area (TPSA) is 27.7 Å². The minimum atomic E-state index is 0.0771. The van der Waals surface area contributed by atoms with Crippen LogP contribution in [0, 0.1) is 0 Å². The average molecular weight is 237 g/mol. The molecule has 1 saturated carbocycles. The summed E-state index contributed by atoms with van der Waals surface area (Å²) in [5, 5.41) is 0.119. The molecule has 3 atom stereocenters. The largest absolute Gasteiger partial charge is 0.379 e. The maximum Gasteiger partial charge on any atom is 0.100 e. The fraction of sp³-hybridized carbons (Fsp3) is 1.00. The Labute approximate surface area is 97.0 Å². The van der Waals surface area contributed by atoms with Crippen molar-refractivity contribution in [2.75, 3.05) is 26.4 Å². The molecule has 90 valence electrons. The molecule has 0 heterocycles. The first-order valence-electron chi connectivity index (χ1n) is 5.74. The van der Waals surface area contributed by atoms with Crippen LogP contribution in [0.1, 0.15) is 26.7 Å². The molecule has 15 heavy (non-hydrogen) atoms. The lowest BCUT2D eigenvalue weighted by Crippen LogP contribution is -2.51. The summed E-state index contributed by atoms with van der Waals surface area (Å²) in [6.07, 6.45) is 2.15. The van der Waals surface area contributed by atoms with E-state index in [0.29, 0.717) is 13.2 Å². The van der Waals surface area contributed by atoms with E-state index < -0.39 is 0 Å². The summed E-state index contributed by atoms with van der Waals surface area (Å²) in [6.45, 7) is 6.85. The predicted molar refractivity (Wildman–Crippen MR) is 60.5 cm³/mol. The van der Waals surface area contributed by atoms with Gasteiger partial charge in [0.2, 0.25) is 0 Å². The molecule has 0 aromatic carbocycles. The first-order valence-corrected chi connectivity index (χ1v) is 6.18. The number of rotatable bonds is 8. The van der Waals surface area contributed by atoms with Gasteiger partial charge in [-0.05, 0) is 19.8 Å². The van der Waals surface area contributed by atoms with E-state index in [1.165, 1.54) is 0 Å². The Bertz CT molecular complexity index is 166. The molecule has 1 aliphatic carbocycles. The fourth-order valence-electron chi connectivity index (χ4n) is 1.56. The Hall–Kier alpha value is 0.170. The molecule has 1 fully saturated rings. The SMILES string of the molecule is CCCOC1C(Cl)CC1OCCOCC. The van der Waals surface area contributed by atoms with Crippen molar-refractivity contribution >= 4 is 11.6 Å². The lowest BCUT2D eigenvalue weighted by atomic mass is 9.91. The Balaban J connectivity index is 2.08. The van der Waals surface area contributed by atoms with Crippen molar-refractivity contribution in [3.8, 4) is 0 Å². The van der Waals surface area contributed by atoms with Crippen LogP contribution < -0.4 is 0 Å². The lowest BCUT2D eigenvalue weighted by Gasteiger charge is -2.40. The molecule has 1 aliphatic rings. The highest BCUT2D eigenvalue weighted by atomic mass is 35.5. The molecule has 4 heteroatoms. The Morgan fingerprint density at radius 1 is 1.13 bits per heavy atom. The number of alkyl halides is 1. The van der Waals surface area contributed by atoms with Gasteiger partial charge in [0.15, 0.2) is 0 Å². The van der Waals surface area contributed by atoms with Crippen molar-refractivity contribution in [1.82, 2.24) is 0 Å². The highest BCUT2D eigenvalue weighted by Crippen LogP contribution is 2.31. The molecular formula is C11H21ClO3. The van der Waals surface area contributed by atoms with Crippen LogP contribution >= 0.6 is 11.6 Å². The van der Waals surface area contributed by atoms with Gasteiger partial charge in [0, 0.05) is 13.2 Å². The van der Waals surface area contributed by atoms with Gasteiger partial charge in [-0.25, -0.2) is 0 Å². The monoisotopic (exact) mass is 236 g/mol. The third-order valence-corrected chi connectivity index (χ3v) is 2.89. The molecule has 0 N–H and O–H groups in total. The minimum absolute atomic E-state index is 0.0771. The van der Waals surface area contributed by atoms with Crippen LogP contribution in [0.25, 0.3) is 0 Å². The molecule has 3 nitrogen and oxygen atoms in total. The second kappa shape index (κ2) is 7.44. The van der Waals surface area contributed by atoms with E-state index >= 15 is 0 Å². The fourth-order valence-corrected chi connectivity index (χ4v) is 1.97. The minimum Gasteiger partial charge on any atom is -0.379 e. The average Bonchev–Trinajstić information content (AvgIpc) is 2.23. The normalized spacial score (nSPS) is 30.2. The molecule has 0 aromatic rings. The van der Waals surface area contributed by atoms with Crippen LogP contribution in [0.4, 0.5) is 0 Å². The van der Waals surface area contributed by atoms with Crippen molar-refractivity contribution in [2.24, 2.45) is 0 Å².